The number of nitrogens with zero attached hydrogens (tertiary/aromatic N) is 1. The first kappa shape index (κ1) is 11.2. The van der Waals surface area contributed by atoms with E-state index in [1.54, 1.807) is 0 Å². The van der Waals surface area contributed by atoms with E-state index in [1.165, 1.54) is 6.07 Å². The van der Waals surface area contributed by atoms with Crippen molar-refractivity contribution in [3.8, 4) is 5.75 Å². The fraction of sp³-hybridized carbons (Fsp3) is 0.111. The molecule has 0 unspecified atom stereocenters. The highest BCUT2D eigenvalue weighted by atomic mass is 19.4. The second-order valence-electron chi connectivity index (χ2n) is 3.14. The van der Waals surface area contributed by atoms with Crippen LogP contribution in [0.1, 0.15) is 10.5 Å². The number of halogens is 3. The molecule has 0 atom stereocenters. The van der Waals surface area contributed by atoms with E-state index in [-0.39, 0.29) is 16.7 Å². The molecular weight excluding hydrogens is 241 g/mol. The highest BCUT2D eigenvalue weighted by Crippen LogP contribution is 2.25. The van der Waals surface area contributed by atoms with Gasteiger partial charge >= 0.3 is 12.3 Å². The number of aromatic nitrogens is 2. The SMILES string of the molecule is O=C(O)c1cc2cc(OC(F)(F)F)cnc2[nH]1. The Bertz CT molecular complexity index is 576. The fourth-order valence-corrected chi connectivity index (χ4v) is 1.30. The van der Waals surface area contributed by atoms with E-state index in [0.717, 1.165) is 12.3 Å². The Morgan fingerprint density at radius 1 is 1.41 bits per heavy atom. The zero-order valence-corrected chi connectivity index (χ0v) is 8.08. The summed E-state index contributed by atoms with van der Waals surface area (Å²) in [5, 5.41) is 8.90. The van der Waals surface area contributed by atoms with Gasteiger partial charge in [-0.05, 0) is 12.1 Å². The highest BCUT2D eigenvalue weighted by molar-refractivity contribution is 5.92. The van der Waals surface area contributed by atoms with Crippen LogP contribution in [0.25, 0.3) is 11.0 Å². The summed E-state index contributed by atoms with van der Waals surface area (Å²) in [6.07, 6.45) is -3.95. The standard InChI is InChI=1S/C9H5F3N2O3/c10-9(11,12)17-5-1-4-2-6(8(15)16)14-7(4)13-3-5/h1-3H,(H,13,14)(H,15,16). The first-order valence-corrected chi connectivity index (χ1v) is 4.33. The molecule has 2 heterocycles. The third-order valence-electron chi connectivity index (χ3n) is 1.91. The summed E-state index contributed by atoms with van der Waals surface area (Å²) in [5.74, 6) is -1.72. The van der Waals surface area contributed by atoms with Crippen LogP contribution in [-0.2, 0) is 0 Å². The van der Waals surface area contributed by atoms with E-state index >= 15 is 0 Å². The maximum Gasteiger partial charge on any atom is 0.573 e. The minimum absolute atomic E-state index is 0.156. The van der Waals surface area contributed by atoms with Gasteiger partial charge in [0.05, 0.1) is 6.20 Å². The average molecular weight is 246 g/mol. The zero-order chi connectivity index (χ0) is 12.6. The quantitative estimate of drug-likeness (QED) is 0.851. The van der Waals surface area contributed by atoms with Gasteiger partial charge in [0.25, 0.3) is 0 Å². The molecule has 2 N–H and O–H groups in total. The number of fused-ring (bicyclic) bond motifs is 1. The van der Waals surface area contributed by atoms with Crippen molar-refractivity contribution < 1.29 is 27.8 Å². The Balaban J connectivity index is 2.40. The molecule has 8 heteroatoms. The molecule has 17 heavy (non-hydrogen) atoms. The van der Waals surface area contributed by atoms with Crippen LogP contribution < -0.4 is 4.74 Å². The Morgan fingerprint density at radius 3 is 2.71 bits per heavy atom. The van der Waals surface area contributed by atoms with Crippen molar-refractivity contribution in [3.63, 3.8) is 0 Å². The Morgan fingerprint density at radius 2 is 2.12 bits per heavy atom. The van der Waals surface area contributed by atoms with Crippen molar-refractivity contribution in [2.75, 3.05) is 0 Å². The van der Waals surface area contributed by atoms with Gasteiger partial charge in [-0.25, -0.2) is 9.78 Å². The van der Waals surface area contributed by atoms with Crippen LogP contribution in [0.5, 0.6) is 5.75 Å². The van der Waals surface area contributed by atoms with Crippen LogP contribution in [0.15, 0.2) is 18.3 Å². The number of alkyl halides is 3. The topological polar surface area (TPSA) is 75.2 Å². The van der Waals surface area contributed by atoms with E-state index in [0.29, 0.717) is 0 Å². The van der Waals surface area contributed by atoms with Crippen molar-refractivity contribution in [1.29, 1.82) is 0 Å². The summed E-state index contributed by atoms with van der Waals surface area (Å²) < 4.78 is 39.4. The predicted octanol–water partition coefficient (Wildman–Crippen LogP) is 2.16. The van der Waals surface area contributed by atoms with Crippen molar-refractivity contribution in [2.45, 2.75) is 6.36 Å². The molecule has 2 aromatic heterocycles. The minimum atomic E-state index is -4.80. The number of rotatable bonds is 2. The molecule has 2 aromatic rings. The van der Waals surface area contributed by atoms with E-state index in [9.17, 15) is 18.0 Å². The van der Waals surface area contributed by atoms with Crippen molar-refractivity contribution in [3.05, 3.63) is 24.0 Å². The largest absolute Gasteiger partial charge is 0.573 e. The number of hydrogen-bond donors (Lipinski definition) is 2. The van der Waals surface area contributed by atoms with E-state index < -0.39 is 18.1 Å². The fourth-order valence-electron chi connectivity index (χ4n) is 1.30. The maximum atomic E-state index is 11.9. The van der Waals surface area contributed by atoms with Crippen LogP contribution in [0.2, 0.25) is 0 Å². The highest BCUT2D eigenvalue weighted by Gasteiger charge is 2.31. The lowest BCUT2D eigenvalue weighted by Crippen LogP contribution is -2.17. The average Bonchev–Trinajstić information content (AvgIpc) is 2.57. The number of H-pyrrole nitrogens is 1. The van der Waals surface area contributed by atoms with Crippen LogP contribution in [-0.4, -0.2) is 27.4 Å². The molecule has 0 bridgehead atoms. The van der Waals surface area contributed by atoms with Gasteiger partial charge in [-0.15, -0.1) is 13.2 Å². The van der Waals surface area contributed by atoms with Gasteiger partial charge in [0, 0.05) is 5.39 Å². The molecule has 0 aliphatic heterocycles. The molecule has 0 spiro atoms. The van der Waals surface area contributed by atoms with Gasteiger partial charge in [0.1, 0.15) is 17.1 Å². The maximum absolute atomic E-state index is 11.9. The number of aromatic carboxylic acids is 1. The van der Waals surface area contributed by atoms with Gasteiger partial charge < -0.3 is 14.8 Å². The van der Waals surface area contributed by atoms with Crippen LogP contribution in [0.3, 0.4) is 0 Å². The Labute approximate surface area is 91.8 Å². The monoisotopic (exact) mass is 246 g/mol. The molecule has 0 amide bonds. The van der Waals surface area contributed by atoms with Crippen molar-refractivity contribution in [1.82, 2.24) is 9.97 Å². The van der Waals surface area contributed by atoms with Gasteiger partial charge in [-0.3, -0.25) is 0 Å². The van der Waals surface area contributed by atoms with Crippen molar-refractivity contribution in [2.24, 2.45) is 0 Å². The predicted molar refractivity (Wildman–Crippen MR) is 49.7 cm³/mol. The van der Waals surface area contributed by atoms with Gasteiger partial charge in [-0.1, -0.05) is 0 Å². The van der Waals surface area contributed by atoms with E-state index in [1.807, 2.05) is 0 Å². The lowest BCUT2D eigenvalue weighted by Gasteiger charge is -2.07. The molecule has 0 saturated carbocycles. The first-order chi connectivity index (χ1) is 7.85. The molecule has 5 nitrogen and oxygen atoms in total. The molecule has 0 saturated heterocycles. The molecule has 2 rings (SSSR count). The smallest absolute Gasteiger partial charge is 0.477 e. The summed E-state index contributed by atoms with van der Waals surface area (Å²) in [5.41, 5.74) is 0.0218. The third kappa shape index (κ3) is 2.47. The normalized spacial score (nSPS) is 11.7. The number of ether oxygens (including phenoxy) is 1. The molecule has 0 aliphatic carbocycles. The lowest BCUT2D eigenvalue weighted by molar-refractivity contribution is -0.274. The second-order valence-corrected chi connectivity index (χ2v) is 3.14. The summed E-state index contributed by atoms with van der Waals surface area (Å²) in [6, 6.07) is 2.23. The number of carbonyl (C=O) groups is 1. The number of pyridine rings is 1. The number of carboxylic acids is 1. The van der Waals surface area contributed by atoms with E-state index in [2.05, 4.69) is 14.7 Å². The van der Waals surface area contributed by atoms with Crippen molar-refractivity contribution >= 4 is 17.0 Å². The zero-order valence-electron chi connectivity index (χ0n) is 8.08. The number of aromatic amines is 1. The first-order valence-electron chi connectivity index (χ1n) is 4.33. The number of hydrogen-bond acceptors (Lipinski definition) is 3. The van der Waals surface area contributed by atoms with E-state index in [4.69, 9.17) is 5.11 Å². The number of carboxylic acid groups (broad SMARTS) is 1. The summed E-state index contributed by atoms with van der Waals surface area (Å²) in [7, 11) is 0. The molecule has 90 valence electrons. The number of nitrogens with one attached hydrogen (secondary N) is 1. The summed E-state index contributed by atoms with van der Waals surface area (Å²) in [4.78, 5) is 16.7. The minimum Gasteiger partial charge on any atom is -0.477 e. The Kier molecular flexibility index (Phi) is 2.41. The van der Waals surface area contributed by atoms with Gasteiger partial charge in [0.15, 0.2) is 0 Å². The summed E-state index contributed by atoms with van der Waals surface area (Å²) in [6.45, 7) is 0. The molecule has 0 radical (unpaired) electrons. The Hall–Kier alpha value is -2.25. The molecule has 0 aromatic carbocycles. The van der Waals surface area contributed by atoms with Crippen LogP contribution >= 0.6 is 0 Å². The lowest BCUT2D eigenvalue weighted by atomic mass is 10.3. The van der Waals surface area contributed by atoms with Crippen LogP contribution in [0.4, 0.5) is 13.2 Å². The van der Waals surface area contributed by atoms with Gasteiger partial charge in [0.2, 0.25) is 0 Å². The summed E-state index contributed by atoms with van der Waals surface area (Å²) >= 11 is 0. The van der Waals surface area contributed by atoms with Crippen LogP contribution in [0, 0.1) is 0 Å². The van der Waals surface area contributed by atoms with Gasteiger partial charge in [-0.2, -0.15) is 0 Å². The third-order valence-corrected chi connectivity index (χ3v) is 1.91. The molecule has 0 aliphatic rings. The second kappa shape index (κ2) is 3.65. The molecule has 0 fully saturated rings. The molecular formula is C9H5F3N2O3.